The molecule has 0 radical (unpaired) electrons. The summed E-state index contributed by atoms with van der Waals surface area (Å²) in [5.41, 5.74) is -0.356. The molecule has 28 heavy (non-hydrogen) atoms. The molecule has 0 saturated heterocycles. The number of hydroxylamine groups is 1. The van der Waals surface area contributed by atoms with Crippen LogP contribution in [0, 0.1) is 0 Å². The summed E-state index contributed by atoms with van der Waals surface area (Å²) in [5, 5.41) is 14.0. The van der Waals surface area contributed by atoms with Gasteiger partial charge in [0.1, 0.15) is 11.4 Å². The van der Waals surface area contributed by atoms with Crippen molar-refractivity contribution in [3.05, 3.63) is 50.3 Å². The molecular formula is C18H20F3N3O4. The molecule has 7 nitrogen and oxygen atoms in total. The fourth-order valence-electron chi connectivity index (χ4n) is 2.65. The van der Waals surface area contributed by atoms with E-state index in [1.54, 1.807) is 12.4 Å². The topological polar surface area (TPSA) is 108 Å². The molecule has 0 bridgehead atoms. The number of nitrogens with one attached hydrogen (secondary N) is 3. The Balaban J connectivity index is 1.96. The second kappa shape index (κ2) is 8.87. The molecular weight excluding hydrogens is 379 g/mol. The zero-order valence-electron chi connectivity index (χ0n) is 15.0. The minimum Gasteiger partial charge on any atom is -0.377 e. The van der Waals surface area contributed by atoms with Gasteiger partial charge in [0.2, 0.25) is 5.91 Å². The first kappa shape index (κ1) is 21.4. The number of alkyl halides is 3. The van der Waals surface area contributed by atoms with Crippen molar-refractivity contribution in [2.75, 3.05) is 10.6 Å². The van der Waals surface area contributed by atoms with Crippen molar-refractivity contribution in [1.29, 1.82) is 0 Å². The molecule has 1 atom stereocenters. The van der Waals surface area contributed by atoms with Crippen molar-refractivity contribution in [3.63, 3.8) is 0 Å². The molecule has 0 aliphatic carbocycles. The van der Waals surface area contributed by atoms with Crippen LogP contribution in [0.3, 0.4) is 0 Å². The highest BCUT2D eigenvalue weighted by Gasteiger charge is 2.30. The van der Waals surface area contributed by atoms with Crippen LogP contribution in [-0.4, -0.2) is 17.2 Å². The smallest absolute Gasteiger partial charge is 0.377 e. The Morgan fingerprint density at radius 2 is 1.68 bits per heavy atom. The summed E-state index contributed by atoms with van der Waals surface area (Å²) in [6.45, 7) is 1.80. The fourth-order valence-corrected chi connectivity index (χ4v) is 2.65. The Bertz CT molecular complexity index is 887. The monoisotopic (exact) mass is 399 g/mol. The van der Waals surface area contributed by atoms with Crippen LogP contribution in [0.1, 0.15) is 38.2 Å². The van der Waals surface area contributed by atoms with Gasteiger partial charge in [0.15, 0.2) is 0 Å². The van der Waals surface area contributed by atoms with Crippen molar-refractivity contribution in [2.45, 2.75) is 44.8 Å². The lowest BCUT2D eigenvalue weighted by Crippen LogP contribution is -2.38. The summed E-state index contributed by atoms with van der Waals surface area (Å²) in [4.78, 5) is 34.5. The first-order valence-electron chi connectivity index (χ1n) is 8.60. The highest BCUT2D eigenvalue weighted by atomic mass is 19.4. The minimum absolute atomic E-state index is 0.0104. The maximum atomic E-state index is 12.6. The quantitative estimate of drug-likeness (QED) is 0.224. The molecule has 1 amide bonds. The van der Waals surface area contributed by atoms with Crippen LogP contribution in [0.25, 0.3) is 0 Å². The van der Waals surface area contributed by atoms with Gasteiger partial charge in [0, 0.05) is 18.2 Å². The van der Waals surface area contributed by atoms with Crippen LogP contribution in [-0.2, 0) is 11.0 Å². The molecule has 152 valence electrons. The number of rotatable bonds is 9. The van der Waals surface area contributed by atoms with Crippen LogP contribution in [0.4, 0.5) is 30.2 Å². The van der Waals surface area contributed by atoms with Gasteiger partial charge in [-0.3, -0.25) is 19.6 Å². The lowest BCUT2D eigenvalue weighted by Gasteiger charge is -2.19. The van der Waals surface area contributed by atoms with Crippen LogP contribution in [0.2, 0.25) is 0 Å². The van der Waals surface area contributed by atoms with Crippen LogP contribution in [0.15, 0.2) is 33.9 Å². The SMILES string of the molecule is CC(CCCCC(=O)NO)Nc1c(Nc2ccc(C(F)(F)F)cc2)c(=O)c1=O. The lowest BCUT2D eigenvalue weighted by molar-refractivity contribution is -0.137. The Morgan fingerprint density at radius 1 is 1.07 bits per heavy atom. The zero-order chi connectivity index (χ0) is 20.9. The number of hydrogen-bond acceptors (Lipinski definition) is 6. The molecule has 2 aromatic rings. The molecule has 0 aliphatic rings. The van der Waals surface area contributed by atoms with Gasteiger partial charge in [-0.2, -0.15) is 13.2 Å². The maximum absolute atomic E-state index is 12.6. The normalized spacial score (nSPS) is 12.6. The van der Waals surface area contributed by atoms with E-state index in [0.29, 0.717) is 19.3 Å². The predicted molar refractivity (Wildman–Crippen MR) is 97.6 cm³/mol. The molecule has 1 unspecified atom stereocenters. The number of carbonyl (C=O) groups excluding carboxylic acids is 1. The standard InChI is InChI=1S/C18H20F3N3O4/c1-10(4-2-3-5-13(25)24-28)22-14-15(17(27)16(14)26)23-12-8-6-11(7-9-12)18(19,20)21/h6-10,22-23,28H,2-5H2,1H3,(H,24,25). The first-order chi connectivity index (χ1) is 13.1. The van der Waals surface area contributed by atoms with E-state index in [-0.39, 0.29) is 29.5 Å². The van der Waals surface area contributed by atoms with Gasteiger partial charge in [-0.05, 0) is 44.0 Å². The van der Waals surface area contributed by atoms with Crippen LogP contribution in [0.5, 0.6) is 0 Å². The largest absolute Gasteiger partial charge is 0.416 e. The summed E-state index contributed by atoms with van der Waals surface area (Å²) in [5.74, 6) is -0.480. The number of carbonyl (C=O) groups is 1. The summed E-state index contributed by atoms with van der Waals surface area (Å²) >= 11 is 0. The molecule has 2 aromatic carbocycles. The maximum Gasteiger partial charge on any atom is 0.416 e. The Morgan fingerprint density at radius 3 is 2.25 bits per heavy atom. The number of benzene rings is 1. The summed E-state index contributed by atoms with van der Waals surface area (Å²) in [6.07, 6.45) is -2.49. The van der Waals surface area contributed by atoms with Gasteiger partial charge < -0.3 is 10.6 Å². The second-order valence-electron chi connectivity index (χ2n) is 6.43. The van der Waals surface area contributed by atoms with Crippen molar-refractivity contribution in [2.24, 2.45) is 0 Å². The molecule has 0 aliphatic heterocycles. The van der Waals surface area contributed by atoms with Crippen LogP contribution >= 0.6 is 0 Å². The molecule has 0 aromatic heterocycles. The number of halogens is 3. The molecule has 4 N–H and O–H groups in total. The highest BCUT2D eigenvalue weighted by Crippen LogP contribution is 2.30. The molecule has 0 spiro atoms. The number of anilines is 3. The van der Waals surface area contributed by atoms with Crippen LogP contribution < -0.4 is 27.0 Å². The van der Waals surface area contributed by atoms with E-state index in [4.69, 9.17) is 5.21 Å². The average molecular weight is 399 g/mol. The van der Waals surface area contributed by atoms with E-state index in [1.165, 1.54) is 12.1 Å². The Kier molecular flexibility index (Phi) is 6.79. The third kappa shape index (κ3) is 5.32. The number of unbranched alkanes of at least 4 members (excludes halogenated alkanes) is 1. The first-order valence-corrected chi connectivity index (χ1v) is 8.60. The molecule has 0 saturated carbocycles. The number of amides is 1. The van der Waals surface area contributed by atoms with E-state index in [1.807, 2.05) is 0 Å². The van der Waals surface area contributed by atoms with E-state index < -0.39 is 28.5 Å². The van der Waals surface area contributed by atoms with E-state index >= 15 is 0 Å². The Hall–Kier alpha value is -2.88. The van der Waals surface area contributed by atoms with E-state index in [9.17, 15) is 27.6 Å². The Labute approximate surface area is 158 Å². The summed E-state index contributed by atoms with van der Waals surface area (Å²) < 4.78 is 37.8. The fraction of sp³-hybridized carbons (Fsp3) is 0.389. The second-order valence-corrected chi connectivity index (χ2v) is 6.43. The lowest BCUT2D eigenvalue weighted by atomic mass is 10.1. The molecule has 0 heterocycles. The number of hydrogen-bond donors (Lipinski definition) is 4. The van der Waals surface area contributed by atoms with Gasteiger partial charge in [0.05, 0.1) is 5.56 Å². The van der Waals surface area contributed by atoms with Crippen molar-refractivity contribution in [1.82, 2.24) is 5.48 Å². The van der Waals surface area contributed by atoms with Crippen molar-refractivity contribution < 1.29 is 23.2 Å². The third-order valence-corrected chi connectivity index (χ3v) is 4.20. The summed E-state index contributed by atoms with van der Waals surface area (Å²) in [6, 6.07) is 3.95. The third-order valence-electron chi connectivity index (χ3n) is 4.20. The van der Waals surface area contributed by atoms with E-state index in [2.05, 4.69) is 10.6 Å². The molecule has 0 fully saturated rings. The molecule has 10 heteroatoms. The van der Waals surface area contributed by atoms with Gasteiger partial charge >= 0.3 is 6.18 Å². The average Bonchev–Trinajstić information content (AvgIpc) is 2.67. The zero-order valence-corrected chi connectivity index (χ0v) is 15.0. The van der Waals surface area contributed by atoms with E-state index in [0.717, 1.165) is 12.1 Å². The van der Waals surface area contributed by atoms with Gasteiger partial charge in [-0.15, -0.1) is 0 Å². The van der Waals surface area contributed by atoms with Crippen molar-refractivity contribution >= 4 is 23.0 Å². The van der Waals surface area contributed by atoms with Gasteiger partial charge in [-0.1, -0.05) is 6.42 Å². The van der Waals surface area contributed by atoms with Gasteiger partial charge in [0.25, 0.3) is 10.9 Å². The minimum atomic E-state index is -4.46. The van der Waals surface area contributed by atoms with Crippen molar-refractivity contribution in [3.8, 4) is 0 Å². The predicted octanol–water partition coefficient (Wildman–Crippen LogP) is 2.91. The van der Waals surface area contributed by atoms with Gasteiger partial charge in [-0.25, -0.2) is 5.48 Å². The highest BCUT2D eigenvalue weighted by molar-refractivity contribution is 5.79. The molecule has 2 rings (SSSR count). The summed E-state index contributed by atoms with van der Waals surface area (Å²) in [7, 11) is 0.